The van der Waals surface area contributed by atoms with Gasteiger partial charge in [0.15, 0.2) is 0 Å². The van der Waals surface area contributed by atoms with Crippen LogP contribution in [0.2, 0.25) is 5.02 Å². The Labute approximate surface area is 152 Å². The molecule has 1 atom stereocenters. The summed E-state index contributed by atoms with van der Waals surface area (Å²) in [5, 5.41) is 3.62. The maximum atomic E-state index is 12.1. The number of carbonyl (C=O) groups excluding carboxylic acids is 1. The zero-order chi connectivity index (χ0) is 17.6. The molecule has 0 spiro atoms. The molecule has 0 saturated heterocycles. The number of fused-ring (bicyclic) bond motifs is 1. The van der Waals surface area contributed by atoms with E-state index in [4.69, 9.17) is 11.6 Å². The number of nitrogens with one attached hydrogen (secondary N) is 1. The van der Waals surface area contributed by atoms with E-state index in [2.05, 4.69) is 41.5 Å². The molecule has 130 valence electrons. The van der Waals surface area contributed by atoms with E-state index in [1.807, 2.05) is 22.7 Å². The van der Waals surface area contributed by atoms with Gasteiger partial charge in [0.25, 0.3) is 0 Å². The second-order valence-electron chi connectivity index (χ2n) is 6.46. The lowest BCUT2D eigenvalue weighted by atomic mass is 9.98. The van der Waals surface area contributed by atoms with Crippen molar-refractivity contribution in [2.24, 2.45) is 5.92 Å². The molecule has 1 N–H and O–H groups in total. The van der Waals surface area contributed by atoms with Crippen molar-refractivity contribution in [1.82, 2.24) is 14.7 Å². The standard InChI is InChI=1S/C20H22ClN3O/c1-15(7-8-16-5-3-2-4-6-16)11-20(25)22-12-18-14-24-13-17(21)9-10-19(24)23-18/h2-6,9-10,13-15H,7-8,11-12H2,1H3,(H,22,25). The van der Waals surface area contributed by atoms with Crippen molar-refractivity contribution in [2.75, 3.05) is 0 Å². The molecule has 2 heterocycles. The van der Waals surface area contributed by atoms with Gasteiger partial charge in [0.1, 0.15) is 5.65 Å². The van der Waals surface area contributed by atoms with Crippen LogP contribution in [-0.2, 0) is 17.8 Å². The zero-order valence-electron chi connectivity index (χ0n) is 14.3. The highest BCUT2D eigenvalue weighted by Crippen LogP contribution is 2.14. The van der Waals surface area contributed by atoms with E-state index >= 15 is 0 Å². The van der Waals surface area contributed by atoms with E-state index in [1.54, 1.807) is 12.3 Å². The number of nitrogens with zero attached hydrogens (tertiary/aromatic N) is 2. The van der Waals surface area contributed by atoms with E-state index in [9.17, 15) is 4.79 Å². The molecule has 1 aromatic carbocycles. The van der Waals surface area contributed by atoms with Crippen LogP contribution in [0.1, 0.15) is 31.0 Å². The van der Waals surface area contributed by atoms with Gasteiger partial charge in [-0.15, -0.1) is 0 Å². The van der Waals surface area contributed by atoms with Gasteiger partial charge in [0.05, 0.1) is 17.3 Å². The van der Waals surface area contributed by atoms with Gasteiger partial charge in [-0.3, -0.25) is 4.79 Å². The molecule has 1 amide bonds. The molecule has 0 saturated carbocycles. The highest BCUT2D eigenvalue weighted by atomic mass is 35.5. The number of pyridine rings is 1. The fraction of sp³-hybridized carbons (Fsp3) is 0.300. The first-order chi connectivity index (χ1) is 12.1. The number of hydrogen-bond acceptors (Lipinski definition) is 2. The molecule has 2 aromatic heterocycles. The summed E-state index contributed by atoms with van der Waals surface area (Å²) < 4.78 is 1.87. The Morgan fingerprint density at radius 2 is 2.00 bits per heavy atom. The van der Waals surface area contributed by atoms with Crippen molar-refractivity contribution in [1.29, 1.82) is 0 Å². The highest BCUT2D eigenvalue weighted by Gasteiger charge is 2.10. The predicted molar refractivity (Wildman–Crippen MR) is 101 cm³/mol. The lowest BCUT2D eigenvalue weighted by molar-refractivity contribution is -0.122. The van der Waals surface area contributed by atoms with Gasteiger partial charge in [-0.05, 0) is 36.5 Å². The lowest BCUT2D eigenvalue weighted by Gasteiger charge is -2.11. The number of hydrogen-bond donors (Lipinski definition) is 1. The number of halogens is 1. The molecular weight excluding hydrogens is 334 g/mol. The highest BCUT2D eigenvalue weighted by molar-refractivity contribution is 6.30. The monoisotopic (exact) mass is 355 g/mol. The molecule has 3 aromatic rings. The molecule has 0 aliphatic rings. The number of benzene rings is 1. The number of aryl methyl sites for hydroxylation is 1. The molecule has 0 bridgehead atoms. The van der Waals surface area contributed by atoms with Crippen molar-refractivity contribution in [3.63, 3.8) is 0 Å². The first-order valence-corrected chi connectivity index (χ1v) is 8.92. The molecule has 3 rings (SSSR count). The molecule has 4 nitrogen and oxygen atoms in total. The minimum atomic E-state index is 0.0654. The van der Waals surface area contributed by atoms with Gasteiger partial charge in [-0.25, -0.2) is 4.98 Å². The summed E-state index contributed by atoms with van der Waals surface area (Å²) in [4.78, 5) is 16.6. The Kier molecular flexibility index (Phi) is 5.71. The smallest absolute Gasteiger partial charge is 0.220 e. The van der Waals surface area contributed by atoms with Crippen molar-refractivity contribution in [3.8, 4) is 0 Å². The average Bonchev–Trinajstić information content (AvgIpc) is 3.01. The fourth-order valence-electron chi connectivity index (χ4n) is 2.84. The van der Waals surface area contributed by atoms with Crippen LogP contribution in [0.25, 0.3) is 5.65 Å². The van der Waals surface area contributed by atoms with Crippen LogP contribution < -0.4 is 5.32 Å². The van der Waals surface area contributed by atoms with Crippen LogP contribution in [-0.4, -0.2) is 15.3 Å². The summed E-state index contributed by atoms with van der Waals surface area (Å²) in [7, 11) is 0. The second kappa shape index (κ2) is 8.17. The topological polar surface area (TPSA) is 46.4 Å². The van der Waals surface area contributed by atoms with Crippen molar-refractivity contribution < 1.29 is 4.79 Å². The summed E-state index contributed by atoms with van der Waals surface area (Å²) in [6.07, 6.45) is 6.24. The van der Waals surface area contributed by atoms with Crippen molar-refractivity contribution >= 4 is 23.2 Å². The third kappa shape index (κ3) is 5.07. The van der Waals surface area contributed by atoms with Crippen LogP contribution in [0, 0.1) is 5.92 Å². The Hall–Kier alpha value is -2.33. The Morgan fingerprint density at radius 1 is 1.20 bits per heavy atom. The third-order valence-corrected chi connectivity index (χ3v) is 4.46. The van der Waals surface area contributed by atoms with Crippen LogP contribution in [0.15, 0.2) is 54.9 Å². The van der Waals surface area contributed by atoms with Gasteiger partial charge in [-0.2, -0.15) is 0 Å². The number of aromatic nitrogens is 2. The quantitative estimate of drug-likeness (QED) is 0.688. The van der Waals surface area contributed by atoms with E-state index in [-0.39, 0.29) is 5.91 Å². The van der Waals surface area contributed by atoms with Crippen LogP contribution in [0.5, 0.6) is 0 Å². The van der Waals surface area contributed by atoms with Crippen molar-refractivity contribution in [3.05, 3.63) is 71.1 Å². The van der Waals surface area contributed by atoms with E-state index < -0.39 is 0 Å². The number of imidazole rings is 1. The molecule has 1 unspecified atom stereocenters. The first-order valence-electron chi connectivity index (χ1n) is 8.54. The maximum Gasteiger partial charge on any atom is 0.220 e. The normalized spacial score (nSPS) is 12.2. The molecular formula is C20H22ClN3O. The summed E-state index contributed by atoms with van der Waals surface area (Å²) >= 11 is 5.97. The zero-order valence-corrected chi connectivity index (χ0v) is 15.0. The fourth-order valence-corrected chi connectivity index (χ4v) is 3.01. The summed E-state index contributed by atoms with van der Waals surface area (Å²) in [6, 6.07) is 14.0. The van der Waals surface area contributed by atoms with E-state index in [0.29, 0.717) is 23.9 Å². The summed E-state index contributed by atoms with van der Waals surface area (Å²) in [6.45, 7) is 2.55. The summed E-state index contributed by atoms with van der Waals surface area (Å²) in [5.74, 6) is 0.413. The number of amides is 1. The van der Waals surface area contributed by atoms with Gasteiger partial charge < -0.3 is 9.72 Å². The predicted octanol–water partition coefficient (Wildman–Crippen LogP) is 4.26. The summed E-state index contributed by atoms with van der Waals surface area (Å²) in [5.41, 5.74) is 2.97. The average molecular weight is 356 g/mol. The second-order valence-corrected chi connectivity index (χ2v) is 6.89. The minimum absolute atomic E-state index is 0.0654. The molecule has 0 fully saturated rings. The van der Waals surface area contributed by atoms with Crippen LogP contribution in [0.3, 0.4) is 0 Å². The number of carbonyl (C=O) groups is 1. The van der Waals surface area contributed by atoms with E-state index in [1.165, 1.54) is 5.56 Å². The molecule has 0 aliphatic heterocycles. The third-order valence-electron chi connectivity index (χ3n) is 4.23. The van der Waals surface area contributed by atoms with Crippen LogP contribution >= 0.6 is 11.6 Å². The van der Waals surface area contributed by atoms with Gasteiger partial charge in [0, 0.05) is 18.8 Å². The first kappa shape index (κ1) is 17.5. The van der Waals surface area contributed by atoms with Gasteiger partial charge in [-0.1, -0.05) is 48.9 Å². The largest absolute Gasteiger partial charge is 0.350 e. The SMILES string of the molecule is CC(CCc1ccccc1)CC(=O)NCc1cn2cc(Cl)ccc2n1. The Bertz CT molecular complexity index is 845. The number of rotatable bonds is 7. The van der Waals surface area contributed by atoms with Crippen molar-refractivity contribution in [2.45, 2.75) is 32.7 Å². The van der Waals surface area contributed by atoms with Gasteiger partial charge >= 0.3 is 0 Å². The van der Waals surface area contributed by atoms with Gasteiger partial charge in [0.2, 0.25) is 5.91 Å². The maximum absolute atomic E-state index is 12.1. The Morgan fingerprint density at radius 3 is 2.80 bits per heavy atom. The minimum Gasteiger partial charge on any atom is -0.350 e. The molecule has 0 radical (unpaired) electrons. The molecule has 0 aliphatic carbocycles. The Balaban J connectivity index is 1.45. The van der Waals surface area contributed by atoms with E-state index in [0.717, 1.165) is 24.2 Å². The molecule has 25 heavy (non-hydrogen) atoms. The van der Waals surface area contributed by atoms with Crippen LogP contribution in [0.4, 0.5) is 0 Å². The molecule has 5 heteroatoms. The lowest BCUT2D eigenvalue weighted by Crippen LogP contribution is -2.24.